The van der Waals surface area contributed by atoms with Crippen LogP contribution in [0.25, 0.3) is 0 Å². The van der Waals surface area contributed by atoms with Crippen LogP contribution in [0.2, 0.25) is 0 Å². The van der Waals surface area contributed by atoms with Crippen LogP contribution in [-0.4, -0.2) is 18.8 Å². The highest BCUT2D eigenvalue weighted by molar-refractivity contribution is 4.84. The number of piperidine rings is 1. The first-order valence-electron chi connectivity index (χ1n) is 4.33. The molecule has 1 rings (SSSR count). The van der Waals surface area contributed by atoms with Gasteiger partial charge in [0.15, 0.2) is 0 Å². The molecule has 1 saturated heterocycles. The van der Waals surface area contributed by atoms with Gasteiger partial charge in [-0.15, -0.1) is 6.58 Å². The van der Waals surface area contributed by atoms with E-state index in [2.05, 4.69) is 11.9 Å². The smallest absolute Gasteiger partial charge is 0.119 e. The molecule has 0 radical (unpaired) electrons. The molecule has 0 saturated carbocycles. The maximum atomic E-state index is 13.2. The Labute approximate surface area is 67.7 Å². The second-order valence-electron chi connectivity index (χ2n) is 3.10. The molecule has 1 nitrogen and oxygen atoms in total. The van der Waals surface area contributed by atoms with E-state index in [9.17, 15) is 4.39 Å². The van der Waals surface area contributed by atoms with Crippen molar-refractivity contribution in [3.63, 3.8) is 0 Å². The Morgan fingerprint density at radius 3 is 3.00 bits per heavy atom. The molecule has 1 heterocycles. The lowest BCUT2D eigenvalue weighted by Crippen LogP contribution is -2.40. The topological polar surface area (TPSA) is 12.0 Å². The summed E-state index contributed by atoms with van der Waals surface area (Å²) in [4.78, 5) is 0. The third-order valence-electron chi connectivity index (χ3n) is 2.18. The normalized spacial score (nSPS) is 27.9. The minimum atomic E-state index is -0.729. The Kier molecular flexibility index (Phi) is 3.57. The molecule has 0 aromatic heterocycles. The molecule has 2 heteroatoms. The molecule has 1 aliphatic rings. The fourth-order valence-corrected chi connectivity index (χ4v) is 1.51. The van der Waals surface area contributed by atoms with E-state index in [1.165, 1.54) is 6.42 Å². The van der Waals surface area contributed by atoms with Crippen molar-refractivity contribution in [2.45, 2.75) is 37.9 Å². The molecular weight excluding hydrogens is 141 g/mol. The zero-order chi connectivity index (χ0) is 8.10. The Bertz CT molecular complexity index is 119. The van der Waals surface area contributed by atoms with Crippen molar-refractivity contribution < 1.29 is 4.39 Å². The van der Waals surface area contributed by atoms with Gasteiger partial charge in [0.05, 0.1) is 0 Å². The van der Waals surface area contributed by atoms with Crippen LogP contribution in [0, 0.1) is 0 Å². The van der Waals surface area contributed by atoms with Crippen molar-refractivity contribution in [1.29, 1.82) is 0 Å². The first-order valence-corrected chi connectivity index (χ1v) is 4.33. The molecule has 64 valence electrons. The van der Waals surface area contributed by atoms with E-state index >= 15 is 0 Å². The first kappa shape index (κ1) is 8.72. The number of alkyl halides is 1. The van der Waals surface area contributed by atoms with Gasteiger partial charge >= 0.3 is 0 Å². The van der Waals surface area contributed by atoms with E-state index < -0.39 is 6.17 Å². The van der Waals surface area contributed by atoms with Crippen LogP contribution < -0.4 is 5.32 Å². The van der Waals surface area contributed by atoms with Crippen LogP contribution in [0.3, 0.4) is 0 Å². The Balaban J connectivity index is 2.26. The molecule has 1 N–H and O–H groups in total. The molecule has 1 aliphatic heterocycles. The lowest BCUT2D eigenvalue weighted by atomic mass is 9.99. The van der Waals surface area contributed by atoms with Crippen LogP contribution in [0.1, 0.15) is 25.7 Å². The summed E-state index contributed by atoms with van der Waals surface area (Å²) in [5, 5.41) is 3.18. The average Bonchev–Trinajstić information content (AvgIpc) is 2.07. The lowest BCUT2D eigenvalue weighted by Gasteiger charge is -2.25. The Morgan fingerprint density at radius 2 is 2.45 bits per heavy atom. The summed E-state index contributed by atoms with van der Waals surface area (Å²) in [6.45, 7) is 4.50. The number of allylic oxidation sites excluding steroid dienone is 1. The van der Waals surface area contributed by atoms with Crippen molar-refractivity contribution in [3.05, 3.63) is 12.7 Å². The number of halogens is 1. The third-order valence-corrected chi connectivity index (χ3v) is 2.18. The Morgan fingerprint density at radius 1 is 1.64 bits per heavy atom. The van der Waals surface area contributed by atoms with Crippen molar-refractivity contribution in [1.82, 2.24) is 5.32 Å². The highest BCUT2D eigenvalue weighted by Crippen LogP contribution is 2.15. The molecule has 11 heavy (non-hydrogen) atoms. The predicted octanol–water partition coefficient (Wildman–Crippen LogP) is 2.04. The van der Waals surface area contributed by atoms with Gasteiger partial charge in [0.25, 0.3) is 0 Å². The van der Waals surface area contributed by atoms with Gasteiger partial charge in [0.2, 0.25) is 0 Å². The van der Waals surface area contributed by atoms with Gasteiger partial charge in [-0.1, -0.05) is 12.5 Å². The monoisotopic (exact) mass is 157 g/mol. The van der Waals surface area contributed by atoms with Gasteiger partial charge in [-0.05, 0) is 25.8 Å². The van der Waals surface area contributed by atoms with E-state index in [0.717, 1.165) is 19.4 Å². The van der Waals surface area contributed by atoms with Crippen molar-refractivity contribution in [2.75, 3.05) is 6.54 Å². The molecule has 0 aliphatic carbocycles. The van der Waals surface area contributed by atoms with Gasteiger partial charge in [-0.3, -0.25) is 0 Å². The molecule has 0 amide bonds. The van der Waals surface area contributed by atoms with Gasteiger partial charge in [-0.25, -0.2) is 4.39 Å². The van der Waals surface area contributed by atoms with E-state index in [1.807, 2.05) is 0 Å². The van der Waals surface area contributed by atoms with Crippen molar-refractivity contribution in [3.8, 4) is 0 Å². The molecule has 0 aromatic carbocycles. The van der Waals surface area contributed by atoms with Crippen molar-refractivity contribution in [2.24, 2.45) is 0 Å². The molecule has 2 atom stereocenters. The summed E-state index contributed by atoms with van der Waals surface area (Å²) < 4.78 is 13.2. The predicted molar refractivity (Wildman–Crippen MR) is 45.4 cm³/mol. The van der Waals surface area contributed by atoms with Crippen LogP contribution >= 0.6 is 0 Å². The minimum Gasteiger partial charge on any atom is -0.311 e. The number of hydrogen-bond acceptors (Lipinski definition) is 1. The Hall–Kier alpha value is -0.370. The van der Waals surface area contributed by atoms with E-state index in [-0.39, 0.29) is 6.04 Å². The van der Waals surface area contributed by atoms with Crippen molar-refractivity contribution >= 4 is 0 Å². The highest BCUT2D eigenvalue weighted by Gasteiger charge is 2.20. The molecule has 1 fully saturated rings. The summed E-state index contributed by atoms with van der Waals surface area (Å²) in [6.07, 6.45) is 4.74. The highest BCUT2D eigenvalue weighted by atomic mass is 19.1. The maximum Gasteiger partial charge on any atom is 0.119 e. The largest absolute Gasteiger partial charge is 0.311 e. The van der Waals surface area contributed by atoms with Gasteiger partial charge in [-0.2, -0.15) is 0 Å². The standard InChI is InChI=1S/C9H16FN/c1-2-5-8(10)9-6-3-4-7-11-9/h2,8-9,11H,1,3-7H2. The average molecular weight is 157 g/mol. The summed E-state index contributed by atoms with van der Waals surface area (Å²) >= 11 is 0. The number of nitrogens with one attached hydrogen (secondary N) is 1. The quantitative estimate of drug-likeness (QED) is 0.618. The molecule has 0 aromatic rings. The lowest BCUT2D eigenvalue weighted by molar-refractivity contribution is 0.220. The van der Waals surface area contributed by atoms with Gasteiger partial charge < -0.3 is 5.32 Å². The summed E-state index contributed by atoms with van der Waals surface area (Å²) in [6, 6.07) is 0.0850. The second kappa shape index (κ2) is 4.50. The van der Waals surface area contributed by atoms with Crippen LogP contribution in [0.5, 0.6) is 0 Å². The minimum absolute atomic E-state index is 0.0850. The van der Waals surface area contributed by atoms with Crippen LogP contribution in [-0.2, 0) is 0 Å². The zero-order valence-corrected chi connectivity index (χ0v) is 6.85. The molecular formula is C9H16FN. The van der Waals surface area contributed by atoms with Crippen LogP contribution in [0.4, 0.5) is 4.39 Å². The molecule has 0 spiro atoms. The molecule has 0 bridgehead atoms. The third kappa shape index (κ3) is 2.62. The first-order chi connectivity index (χ1) is 5.34. The van der Waals surface area contributed by atoms with Gasteiger partial charge in [0.1, 0.15) is 6.17 Å². The van der Waals surface area contributed by atoms with E-state index in [4.69, 9.17) is 0 Å². The SMILES string of the molecule is C=CCC(F)C1CCCCN1. The fourth-order valence-electron chi connectivity index (χ4n) is 1.51. The summed E-state index contributed by atoms with van der Waals surface area (Å²) in [7, 11) is 0. The van der Waals surface area contributed by atoms with Crippen LogP contribution in [0.15, 0.2) is 12.7 Å². The molecule has 2 unspecified atom stereocenters. The zero-order valence-electron chi connectivity index (χ0n) is 6.85. The number of rotatable bonds is 3. The van der Waals surface area contributed by atoms with E-state index in [1.54, 1.807) is 6.08 Å². The number of hydrogen-bond donors (Lipinski definition) is 1. The second-order valence-corrected chi connectivity index (χ2v) is 3.10. The fraction of sp³-hybridized carbons (Fsp3) is 0.778. The van der Waals surface area contributed by atoms with E-state index in [0.29, 0.717) is 6.42 Å². The van der Waals surface area contributed by atoms with Gasteiger partial charge in [0, 0.05) is 6.04 Å². The summed E-state index contributed by atoms with van der Waals surface area (Å²) in [5.74, 6) is 0. The maximum absolute atomic E-state index is 13.2. The summed E-state index contributed by atoms with van der Waals surface area (Å²) in [5.41, 5.74) is 0.